The Kier molecular flexibility index (Phi) is 21.0. The third-order valence-electron chi connectivity index (χ3n) is 8.21. The van der Waals surface area contributed by atoms with Gasteiger partial charge in [-0.25, -0.2) is 16.8 Å². The maximum Gasteiger partial charge on any atom is 3.00 e. The maximum absolute atomic E-state index is 12.7. The third kappa shape index (κ3) is 13.2. The fraction of sp³-hybridized carbons (Fsp3) is 0. The number of hydrogen-bond acceptors (Lipinski definition) is 24. The van der Waals surface area contributed by atoms with Gasteiger partial charge in [0.1, 0.15) is 20.2 Å². The Morgan fingerprint density at radius 2 is 1.00 bits per heavy atom. The summed E-state index contributed by atoms with van der Waals surface area (Å²) in [6, 6.07) is 11.1. The van der Waals surface area contributed by atoms with Crippen molar-refractivity contribution in [2.45, 2.75) is 9.79 Å². The van der Waals surface area contributed by atoms with Crippen molar-refractivity contribution < 1.29 is 172 Å². The van der Waals surface area contributed by atoms with Crippen molar-refractivity contribution in [1.82, 2.24) is 0 Å². The fourth-order valence-electron chi connectivity index (χ4n) is 5.50. The molecule has 0 saturated heterocycles. The molecule has 0 amide bonds. The molecule has 0 aromatic heterocycles. The molecule has 6 aromatic carbocycles. The van der Waals surface area contributed by atoms with Gasteiger partial charge in [-0.2, -0.15) is 0 Å². The van der Waals surface area contributed by atoms with Gasteiger partial charge in [-0.3, -0.25) is 45.4 Å². The van der Waals surface area contributed by atoms with Crippen LogP contribution in [0.5, 0.6) is 23.0 Å². The molecule has 6 aromatic rings. The van der Waals surface area contributed by atoms with E-state index in [0.29, 0.717) is 24.3 Å². The number of nitrogens with two attached hydrogens (primary N) is 1. The van der Waals surface area contributed by atoms with Gasteiger partial charge in [0.05, 0.1) is 58.7 Å². The Balaban J connectivity index is 0.000000633. The molecule has 0 aliphatic rings. The molecular formula is C33H16CrN10Na3O18S2. The molecule has 0 atom stereocenters. The molecule has 327 valence electrons. The summed E-state index contributed by atoms with van der Waals surface area (Å²) in [5.41, 5.74) is -1.85. The van der Waals surface area contributed by atoms with E-state index in [9.17, 15) is 86.8 Å². The predicted molar refractivity (Wildman–Crippen MR) is 203 cm³/mol. The average molecular weight is 1030 g/mol. The van der Waals surface area contributed by atoms with Crippen LogP contribution in [0.15, 0.2) is 108 Å². The van der Waals surface area contributed by atoms with Crippen molar-refractivity contribution in [2.24, 2.45) is 25.4 Å². The van der Waals surface area contributed by atoms with Crippen LogP contribution in [0.25, 0.3) is 21.5 Å². The molecule has 0 heterocycles. The minimum absolute atomic E-state index is 0. The average Bonchev–Trinajstić information content (AvgIpc) is 3.18. The zero-order valence-corrected chi connectivity index (χ0v) is 42.7. The molecule has 0 unspecified atom stereocenters. The van der Waals surface area contributed by atoms with Crippen LogP contribution in [0.4, 0.5) is 56.9 Å². The molecule has 0 bridgehead atoms. The molecule has 6 rings (SSSR count). The van der Waals surface area contributed by atoms with Gasteiger partial charge in [0, 0.05) is 16.5 Å². The molecule has 34 heteroatoms. The van der Waals surface area contributed by atoms with Crippen LogP contribution in [0.1, 0.15) is 0 Å². The Morgan fingerprint density at radius 3 is 1.43 bits per heavy atom. The number of hydrogen-bond donors (Lipinski definition) is 1. The van der Waals surface area contributed by atoms with Crippen molar-refractivity contribution in [3.63, 3.8) is 0 Å². The molecule has 0 fully saturated rings. The van der Waals surface area contributed by atoms with Gasteiger partial charge >= 0.3 is 117 Å². The van der Waals surface area contributed by atoms with Gasteiger partial charge < -0.3 is 35.3 Å². The molecule has 28 nitrogen and oxygen atoms in total. The second-order valence-electron chi connectivity index (χ2n) is 12.1. The normalized spacial score (nSPS) is 11.0. The van der Waals surface area contributed by atoms with Gasteiger partial charge in [-0.15, -0.1) is 20.5 Å². The van der Waals surface area contributed by atoms with Crippen molar-refractivity contribution >= 4 is 105 Å². The van der Waals surface area contributed by atoms with Crippen molar-refractivity contribution in [3.8, 4) is 23.0 Å². The third-order valence-corrected chi connectivity index (χ3v) is 9.98. The van der Waals surface area contributed by atoms with Gasteiger partial charge in [-0.05, 0) is 65.4 Å². The van der Waals surface area contributed by atoms with E-state index in [2.05, 4.69) is 32.2 Å². The number of nitrogen functional groups attached to an aromatic ring is 1. The number of nitrogens with zero attached hydrogens (tertiary/aromatic N) is 9. The summed E-state index contributed by atoms with van der Waals surface area (Å²) in [4.78, 5) is 41.1. The standard InChI is InChI=1S/C17H11N5O9S.C16H11N5O9S.Cr.3Na/c1-18-10-4-2-3-8-9(10)5-15(24)16(17(8)32(29,30)31)20-19-11-6-14(23)13(22(27)28)7-12(11)21(25)26;17-8-2-1-7-3-14(31(28,29)30)15(16(23)9(7)4-8)19-18-10-5-13(22)12(21(26)27)6-11(10)20(24)25;;;;/h2-7,23-24H,1H2,(H,29,30,31);1-6,22-23H,17H2,(H,28,29,30);;;;/q;;+3;3*+1/p-6. The van der Waals surface area contributed by atoms with Crippen LogP contribution >= 0.6 is 0 Å². The van der Waals surface area contributed by atoms with Crippen molar-refractivity contribution in [1.29, 1.82) is 0 Å². The first-order chi connectivity index (χ1) is 29.3. The number of benzene rings is 6. The second-order valence-corrected chi connectivity index (χ2v) is 14.7. The zero-order chi connectivity index (χ0) is 46.9. The van der Waals surface area contributed by atoms with Crippen LogP contribution in [0, 0.1) is 40.5 Å². The number of anilines is 1. The summed E-state index contributed by atoms with van der Waals surface area (Å²) in [6.07, 6.45) is 0. The monoisotopic (exact) mass is 1020 g/mol. The Hall–Kier alpha value is -5.34. The molecule has 67 heavy (non-hydrogen) atoms. The predicted octanol–water partition coefficient (Wildman–Crippen LogP) is -4.83. The summed E-state index contributed by atoms with van der Waals surface area (Å²) in [5.74, 6) is -4.63. The second kappa shape index (κ2) is 23.6. The Morgan fingerprint density at radius 1 is 0.522 bits per heavy atom. The fourth-order valence-corrected chi connectivity index (χ4v) is 6.96. The van der Waals surface area contributed by atoms with Gasteiger partial charge in [0.15, 0.2) is 11.4 Å². The maximum atomic E-state index is 12.7. The van der Waals surface area contributed by atoms with E-state index in [1.807, 2.05) is 0 Å². The molecule has 0 aliphatic carbocycles. The molecule has 0 aliphatic heterocycles. The van der Waals surface area contributed by atoms with Crippen LogP contribution in [0.3, 0.4) is 0 Å². The number of aliphatic imine (C=N–C) groups is 1. The van der Waals surface area contributed by atoms with Gasteiger partial charge in [0.2, 0.25) is 0 Å². The molecule has 2 N–H and O–H groups in total. The topological polar surface area (TPSA) is 467 Å². The minimum atomic E-state index is -5.32. The number of rotatable bonds is 11. The van der Waals surface area contributed by atoms with E-state index >= 15 is 0 Å². The van der Waals surface area contributed by atoms with Crippen molar-refractivity contribution in [2.75, 3.05) is 5.73 Å². The number of nitro benzene ring substituents is 4. The largest absolute Gasteiger partial charge is 3.00 e. The van der Waals surface area contributed by atoms with Crippen LogP contribution in [-0.2, 0) is 37.6 Å². The van der Waals surface area contributed by atoms with E-state index in [-0.39, 0.29) is 139 Å². The molecule has 1 radical (unpaired) electrons. The summed E-state index contributed by atoms with van der Waals surface area (Å²) >= 11 is 0. The van der Waals surface area contributed by atoms with E-state index in [4.69, 9.17) is 5.73 Å². The quantitative estimate of drug-likeness (QED) is 0.0242. The zero-order valence-electron chi connectivity index (χ0n) is 33.8. The van der Waals surface area contributed by atoms with Crippen molar-refractivity contribution in [3.05, 3.63) is 113 Å². The first-order valence-corrected chi connectivity index (χ1v) is 19.0. The van der Waals surface area contributed by atoms with E-state index in [1.165, 1.54) is 36.4 Å². The molecule has 0 spiro atoms. The molecular weight excluding hydrogens is 1010 g/mol. The first kappa shape index (κ1) is 59.7. The van der Waals surface area contributed by atoms with E-state index < -0.39 is 118 Å². The SMILES string of the molecule is C=Nc1cccc2c(S(=O)(=O)[O-])c(N=Nc3cc([O-])c([N+](=O)[O-])cc3[N+](=O)[O-])c([O-])cc12.Nc1ccc2cc(S(=O)(=O)[O-])c(N=Nc3cc([O-])c([N+](=O)[O-])cc3[N+](=O)[O-])c([O-])c2c1.[Cr+3].[Na+].[Na+].[Na+]. The smallest absolute Gasteiger partial charge is 0.871 e. The van der Waals surface area contributed by atoms with Gasteiger partial charge in [-0.1, -0.05) is 35.8 Å². The van der Waals surface area contributed by atoms with Gasteiger partial charge in [0.25, 0.3) is 11.4 Å². The number of azo groups is 2. The van der Waals surface area contributed by atoms with Crippen LogP contribution in [-0.4, -0.2) is 52.4 Å². The summed E-state index contributed by atoms with van der Waals surface area (Å²) < 4.78 is 70.6. The number of fused-ring (bicyclic) bond motifs is 2. The summed E-state index contributed by atoms with van der Waals surface area (Å²) in [7, 11) is -10.5. The van der Waals surface area contributed by atoms with Crippen LogP contribution < -0.4 is 115 Å². The van der Waals surface area contributed by atoms with Crippen LogP contribution in [0.2, 0.25) is 0 Å². The summed E-state index contributed by atoms with van der Waals surface area (Å²) in [6.45, 7) is 3.29. The Bertz CT molecular complexity index is 3310. The number of nitro groups is 4. The minimum Gasteiger partial charge on any atom is -0.871 e. The van der Waals surface area contributed by atoms with E-state index in [1.54, 1.807) is 0 Å². The summed E-state index contributed by atoms with van der Waals surface area (Å²) in [5, 5.41) is 106. The Labute approximate surface area is 450 Å². The molecule has 0 saturated carbocycles. The first-order valence-electron chi connectivity index (χ1n) is 16.1. The van der Waals surface area contributed by atoms with E-state index in [0.717, 1.165) is 12.1 Å².